The van der Waals surface area contributed by atoms with Crippen molar-refractivity contribution in [2.75, 3.05) is 51.3 Å². The molecule has 4 rings (SSSR count). The second kappa shape index (κ2) is 11.1. The molecule has 0 amide bonds. The maximum Gasteiger partial charge on any atom is 0.142 e. The molecule has 0 saturated carbocycles. The molecular weight excluding hydrogens is 414 g/mol. The third-order valence-corrected chi connectivity index (χ3v) is 6.36. The van der Waals surface area contributed by atoms with Crippen LogP contribution in [0.2, 0.25) is 0 Å². The SMILES string of the molecule is COc1ccccc1N1CCN(CCCNC(=S)c2ccccc2-c2ccccc2)CC1. The molecule has 3 aromatic carbocycles. The molecule has 1 saturated heterocycles. The standard InChI is InChI=1S/C27H31N3OS/c1-31-26-15-8-7-14-25(26)30-20-18-29(19-21-30)17-9-16-28-27(32)24-13-6-5-12-23(24)22-10-3-2-4-11-22/h2-8,10-15H,9,16-21H2,1H3,(H,28,32). The molecule has 1 heterocycles. The first-order valence-corrected chi connectivity index (χ1v) is 11.7. The lowest BCUT2D eigenvalue weighted by atomic mass is 9.99. The van der Waals surface area contributed by atoms with Crippen LogP contribution in [0.4, 0.5) is 5.69 Å². The third-order valence-electron chi connectivity index (χ3n) is 5.99. The van der Waals surface area contributed by atoms with Crippen molar-refractivity contribution < 1.29 is 4.74 Å². The van der Waals surface area contributed by atoms with E-state index in [4.69, 9.17) is 17.0 Å². The number of hydrogen-bond donors (Lipinski definition) is 1. The van der Waals surface area contributed by atoms with E-state index in [0.29, 0.717) is 0 Å². The molecule has 32 heavy (non-hydrogen) atoms. The number of ether oxygens (including phenoxy) is 1. The fourth-order valence-corrected chi connectivity index (χ4v) is 4.53. The minimum Gasteiger partial charge on any atom is -0.495 e. The molecule has 0 radical (unpaired) electrons. The van der Waals surface area contributed by atoms with E-state index in [-0.39, 0.29) is 0 Å². The predicted octanol–water partition coefficient (Wildman–Crippen LogP) is 4.84. The van der Waals surface area contributed by atoms with E-state index in [0.717, 1.165) is 62.0 Å². The lowest BCUT2D eigenvalue weighted by Crippen LogP contribution is -2.47. The number of hydrogen-bond acceptors (Lipinski definition) is 4. The minimum atomic E-state index is 0.824. The monoisotopic (exact) mass is 445 g/mol. The van der Waals surface area contributed by atoms with E-state index in [1.807, 2.05) is 18.2 Å². The lowest BCUT2D eigenvalue weighted by molar-refractivity contribution is 0.254. The zero-order chi connectivity index (χ0) is 22.2. The first-order valence-electron chi connectivity index (χ1n) is 11.3. The molecule has 0 atom stereocenters. The van der Waals surface area contributed by atoms with Gasteiger partial charge in [-0.3, -0.25) is 4.90 Å². The molecule has 1 aliphatic rings. The first-order chi connectivity index (χ1) is 15.8. The Balaban J connectivity index is 1.23. The van der Waals surface area contributed by atoms with E-state index >= 15 is 0 Å². The Morgan fingerprint density at radius 3 is 2.34 bits per heavy atom. The van der Waals surface area contributed by atoms with E-state index in [1.165, 1.54) is 16.8 Å². The molecule has 0 spiro atoms. The molecule has 3 aromatic rings. The normalized spacial score (nSPS) is 14.2. The second-order valence-corrected chi connectivity index (χ2v) is 8.43. The Bertz CT molecular complexity index is 1020. The van der Waals surface area contributed by atoms with Gasteiger partial charge in [0.2, 0.25) is 0 Å². The number of para-hydroxylation sites is 2. The molecule has 0 bridgehead atoms. The fraction of sp³-hybridized carbons (Fsp3) is 0.296. The van der Waals surface area contributed by atoms with Crippen molar-refractivity contribution in [3.05, 3.63) is 84.4 Å². The van der Waals surface area contributed by atoms with Crippen LogP contribution in [-0.4, -0.2) is 56.3 Å². The van der Waals surface area contributed by atoms with Crippen molar-refractivity contribution in [2.45, 2.75) is 6.42 Å². The van der Waals surface area contributed by atoms with E-state index in [9.17, 15) is 0 Å². The van der Waals surface area contributed by atoms with Crippen molar-refractivity contribution in [2.24, 2.45) is 0 Å². The number of methoxy groups -OCH3 is 1. The molecule has 166 valence electrons. The highest BCUT2D eigenvalue weighted by Crippen LogP contribution is 2.28. The number of piperazine rings is 1. The summed E-state index contributed by atoms with van der Waals surface area (Å²) in [5.41, 5.74) is 4.66. The Kier molecular flexibility index (Phi) is 7.75. The Morgan fingerprint density at radius 1 is 0.875 bits per heavy atom. The zero-order valence-electron chi connectivity index (χ0n) is 18.7. The summed E-state index contributed by atoms with van der Waals surface area (Å²) >= 11 is 5.73. The number of rotatable bonds is 8. The van der Waals surface area contributed by atoms with Gasteiger partial charge in [0.05, 0.1) is 12.8 Å². The van der Waals surface area contributed by atoms with Gasteiger partial charge in [-0.2, -0.15) is 0 Å². The molecule has 5 heteroatoms. The Morgan fingerprint density at radius 2 is 1.56 bits per heavy atom. The number of benzene rings is 3. The summed E-state index contributed by atoms with van der Waals surface area (Å²) in [6, 6.07) is 27.1. The van der Waals surface area contributed by atoms with Gasteiger partial charge in [-0.05, 0) is 36.2 Å². The summed E-state index contributed by atoms with van der Waals surface area (Å²) in [5.74, 6) is 0.953. The van der Waals surface area contributed by atoms with Crippen molar-refractivity contribution >= 4 is 22.9 Å². The molecule has 1 fully saturated rings. The summed E-state index contributed by atoms with van der Waals surface area (Å²) in [7, 11) is 1.74. The van der Waals surface area contributed by atoms with Crippen LogP contribution in [0.25, 0.3) is 11.1 Å². The molecule has 4 nitrogen and oxygen atoms in total. The highest BCUT2D eigenvalue weighted by molar-refractivity contribution is 7.80. The highest BCUT2D eigenvalue weighted by Gasteiger charge is 2.19. The summed E-state index contributed by atoms with van der Waals surface area (Å²) in [4.78, 5) is 5.78. The van der Waals surface area contributed by atoms with Crippen molar-refractivity contribution in [3.8, 4) is 16.9 Å². The number of nitrogens with one attached hydrogen (secondary N) is 1. The number of nitrogens with zero attached hydrogens (tertiary/aromatic N) is 2. The maximum atomic E-state index is 5.73. The summed E-state index contributed by atoms with van der Waals surface area (Å²) in [5, 5.41) is 3.48. The van der Waals surface area contributed by atoms with Crippen molar-refractivity contribution in [3.63, 3.8) is 0 Å². The van der Waals surface area contributed by atoms with Gasteiger partial charge in [0.15, 0.2) is 0 Å². The molecule has 0 aliphatic carbocycles. The van der Waals surface area contributed by atoms with Crippen molar-refractivity contribution in [1.82, 2.24) is 10.2 Å². The van der Waals surface area contributed by atoms with Gasteiger partial charge < -0.3 is 15.0 Å². The van der Waals surface area contributed by atoms with E-state index < -0.39 is 0 Å². The highest BCUT2D eigenvalue weighted by atomic mass is 32.1. The van der Waals surface area contributed by atoms with Crippen LogP contribution >= 0.6 is 12.2 Å². The largest absolute Gasteiger partial charge is 0.495 e. The molecule has 0 unspecified atom stereocenters. The fourth-order valence-electron chi connectivity index (χ4n) is 4.25. The summed E-state index contributed by atoms with van der Waals surface area (Å²) in [6.07, 6.45) is 1.07. The smallest absolute Gasteiger partial charge is 0.142 e. The van der Waals surface area contributed by atoms with Gasteiger partial charge in [0.1, 0.15) is 10.7 Å². The number of anilines is 1. The number of thiocarbonyl (C=S) groups is 1. The topological polar surface area (TPSA) is 27.7 Å². The third kappa shape index (κ3) is 5.47. The van der Waals surface area contributed by atoms with Crippen LogP contribution in [0.1, 0.15) is 12.0 Å². The zero-order valence-corrected chi connectivity index (χ0v) is 19.5. The molecule has 0 aromatic heterocycles. The van der Waals surface area contributed by atoms with Gasteiger partial charge in [-0.15, -0.1) is 0 Å². The van der Waals surface area contributed by atoms with Gasteiger partial charge in [0.25, 0.3) is 0 Å². The Hall–Kier alpha value is -2.89. The first kappa shape index (κ1) is 22.3. The van der Waals surface area contributed by atoms with Crippen LogP contribution in [0.15, 0.2) is 78.9 Å². The van der Waals surface area contributed by atoms with Crippen LogP contribution in [0.5, 0.6) is 5.75 Å². The van der Waals surface area contributed by atoms with Crippen LogP contribution in [0, 0.1) is 0 Å². The average Bonchev–Trinajstić information content (AvgIpc) is 2.87. The maximum absolute atomic E-state index is 5.73. The van der Waals surface area contributed by atoms with Crippen LogP contribution in [0.3, 0.4) is 0 Å². The van der Waals surface area contributed by atoms with Crippen LogP contribution < -0.4 is 15.0 Å². The van der Waals surface area contributed by atoms with E-state index in [2.05, 4.69) is 75.8 Å². The lowest BCUT2D eigenvalue weighted by Gasteiger charge is -2.36. The minimum absolute atomic E-state index is 0.824. The van der Waals surface area contributed by atoms with Crippen LogP contribution in [-0.2, 0) is 0 Å². The summed E-state index contributed by atoms with van der Waals surface area (Å²) < 4.78 is 5.52. The Labute approximate surface area is 196 Å². The van der Waals surface area contributed by atoms with Gasteiger partial charge >= 0.3 is 0 Å². The quantitative estimate of drug-likeness (QED) is 0.396. The average molecular weight is 446 g/mol. The van der Waals surface area contributed by atoms with Gasteiger partial charge in [0, 0.05) is 38.3 Å². The van der Waals surface area contributed by atoms with E-state index in [1.54, 1.807) is 7.11 Å². The molecule has 1 aliphatic heterocycles. The van der Waals surface area contributed by atoms with Crippen molar-refractivity contribution in [1.29, 1.82) is 0 Å². The molecular formula is C27H31N3OS. The van der Waals surface area contributed by atoms with Gasteiger partial charge in [-0.1, -0.05) is 78.9 Å². The second-order valence-electron chi connectivity index (χ2n) is 8.02. The molecule has 1 N–H and O–H groups in total. The van der Waals surface area contributed by atoms with Gasteiger partial charge in [-0.25, -0.2) is 0 Å². The summed E-state index contributed by atoms with van der Waals surface area (Å²) in [6.45, 7) is 6.15. The predicted molar refractivity (Wildman–Crippen MR) is 138 cm³/mol.